The first-order chi connectivity index (χ1) is 19.8. The van der Waals surface area contributed by atoms with Gasteiger partial charge >= 0.3 is 6.03 Å². The number of ether oxygens (including phenoxy) is 1. The summed E-state index contributed by atoms with van der Waals surface area (Å²) in [4.78, 5) is 29.5. The number of nitrogens with zero attached hydrogens (tertiary/aromatic N) is 2. The Morgan fingerprint density at radius 3 is 2.59 bits per heavy atom. The van der Waals surface area contributed by atoms with Crippen molar-refractivity contribution in [2.75, 3.05) is 26.2 Å². The molecule has 1 atom stereocenters. The fourth-order valence-electron chi connectivity index (χ4n) is 5.39. The Bertz CT molecular complexity index is 1440. The molecule has 2 amide bonds. The zero-order valence-electron chi connectivity index (χ0n) is 22.8. The number of carbonyl (C=O) groups excluding carboxylic acids is 2. The normalized spacial score (nSPS) is 17.6. The molecule has 6 nitrogen and oxygen atoms in total. The molecule has 3 aromatic rings. The predicted molar refractivity (Wildman–Crippen MR) is 151 cm³/mol. The summed E-state index contributed by atoms with van der Waals surface area (Å²) in [6.45, 7) is 2.66. The highest BCUT2D eigenvalue weighted by atomic mass is 19.3. The maximum Gasteiger partial charge on any atom is 0.320 e. The molecule has 0 radical (unpaired) electrons. The van der Waals surface area contributed by atoms with Crippen LogP contribution < -0.4 is 10.1 Å². The number of urea groups is 1. The minimum atomic E-state index is -2.44. The first kappa shape index (κ1) is 28.3. The molecule has 1 saturated heterocycles. The number of allylic oxidation sites excluding steroid dienone is 1. The molecule has 1 fully saturated rings. The Morgan fingerprint density at radius 1 is 1.07 bits per heavy atom. The van der Waals surface area contributed by atoms with Crippen molar-refractivity contribution in [3.8, 4) is 16.9 Å². The van der Waals surface area contributed by atoms with Gasteiger partial charge in [0, 0.05) is 30.6 Å². The third-order valence-electron chi connectivity index (χ3n) is 7.48. The summed E-state index contributed by atoms with van der Waals surface area (Å²) in [5.74, 6) is 0.343. The summed E-state index contributed by atoms with van der Waals surface area (Å²) < 4.78 is 45.3. The van der Waals surface area contributed by atoms with Gasteiger partial charge in [-0.15, -0.1) is 0 Å². The summed E-state index contributed by atoms with van der Waals surface area (Å²) in [6, 6.07) is 18.8. The average Bonchev–Trinajstić information content (AvgIpc) is 3.19. The van der Waals surface area contributed by atoms with Crippen LogP contribution >= 0.6 is 0 Å². The molecule has 0 spiro atoms. The van der Waals surface area contributed by atoms with E-state index in [4.69, 9.17) is 4.74 Å². The quantitative estimate of drug-likeness (QED) is 0.376. The Morgan fingerprint density at radius 2 is 1.85 bits per heavy atom. The topological polar surface area (TPSA) is 61.9 Å². The molecule has 1 N–H and O–H groups in total. The summed E-state index contributed by atoms with van der Waals surface area (Å²) in [5.41, 5.74) is 4.76. The number of halogens is 3. The molecule has 0 saturated carbocycles. The van der Waals surface area contributed by atoms with Crippen molar-refractivity contribution in [2.24, 2.45) is 0 Å². The van der Waals surface area contributed by atoms with Crippen molar-refractivity contribution in [1.82, 2.24) is 15.1 Å². The number of hydrogen-bond acceptors (Lipinski definition) is 4. The second-order valence-corrected chi connectivity index (χ2v) is 10.2. The third-order valence-corrected chi connectivity index (χ3v) is 7.48. The number of alkyl halides is 2. The van der Waals surface area contributed by atoms with Crippen molar-refractivity contribution >= 4 is 17.5 Å². The molecule has 1 unspecified atom stereocenters. The fourth-order valence-corrected chi connectivity index (χ4v) is 5.39. The largest absolute Gasteiger partial charge is 0.491 e. The van der Waals surface area contributed by atoms with Crippen molar-refractivity contribution < 1.29 is 27.5 Å². The number of benzene rings is 3. The van der Waals surface area contributed by atoms with Crippen LogP contribution in [0.15, 0.2) is 72.8 Å². The van der Waals surface area contributed by atoms with E-state index in [2.05, 4.69) is 5.32 Å². The van der Waals surface area contributed by atoms with Crippen LogP contribution in [0, 0.1) is 5.82 Å². The van der Waals surface area contributed by atoms with Gasteiger partial charge in [0.2, 0.25) is 0 Å². The maximum atomic E-state index is 14.0. The van der Waals surface area contributed by atoms with Crippen LogP contribution in [0.5, 0.6) is 5.75 Å². The molecule has 2 heterocycles. The van der Waals surface area contributed by atoms with Gasteiger partial charge in [0.15, 0.2) is 0 Å². The van der Waals surface area contributed by atoms with Gasteiger partial charge in [-0.2, -0.15) is 0 Å². The third kappa shape index (κ3) is 6.56. The van der Waals surface area contributed by atoms with E-state index < -0.39 is 24.8 Å². The minimum Gasteiger partial charge on any atom is -0.491 e. The number of fused-ring (bicyclic) bond motifs is 1. The number of likely N-dealkylation sites (tertiary alicyclic amines) is 1. The molecule has 0 aliphatic carbocycles. The van der Waals surface area contributed by atoms with Crippen LogP contribution in [0.2, 0.25) is 0 Å². The van der Waals surface area contributed by atoms with Crippen molar-refractivity contribution in [3.05, 3.63) is 95.3 Å². The zero-order chi connectivity index (χ0) is 28.9. The second-order valence-electron chi connectivity index (χ2n) is 10.2. The average molecular weight is 564 g/mol. The van der Waals surface area contributed by atoms with Gasteiger partial charge < -0.3 is 19.9 Å². The number of piperidine rings is 1. The molecular formula is C32H32F3N3O3. The van der Waals surface area contributed by atoms with Crippen LogP contribution in [-0.2, 0) is 11.3 Å². The molecule has 0 aromatic heterocycles. The van der Waals surface area contributed by atoms with Gasteiger partial charge in [-0.1, -0.05) is 48.5 Å². The van der Waals surface area contributed by atoms with Gasteiger partial charge in [0.25, 0.3) is 6.43 Å². The van der Waals surface area contributed by atoms with Gasteiger partial charge in [-0.3, -0.25) is 4.79 Å². The summed E-state index contributed by atoms with van der Waals surface area (Å²) in [5, 5.41) is 2.77. The van der Waals surface area contributed by atoms with Crippen molar-refractivity contribution in [2.45, 2.75) is 38.8 Å². The number of ketones is 1. The number of nitrogens with one attached hydrogen (secondary N) is 1. The van der Waals surface area contributed by atoms with E-state index in [0.717, 1.165) is 22.3 Å². The van der Waals surface area contributed by atoms with Crippen LogP contribution in [0.4, 0.5) is 18.0 Å². The predicted octanol–water partition coefficient (Wildman–Crippen LogP) is 6.43. The SMILES string of the molecule is C/C=C(/NCC(F)F)c1ccc(-c2ccc3c(c2)CN(C(=O)N2CCC(=O)CC2c2cccc(F)c2)CCO3)cc1. The van der Waals surface area contributed by atoms with E-state index in [9.17, 15) is 22.8 Å². The van der Waals surface area contributed by atoms with Crippen molar-refractivity contribution in [1.29, 1.82) is 0 Å². The Labute approximate surface area is 237 Å². The summed E-state index contributed by atoms with van der Waals surface area (Å²) in [7, 11) is 0. The monoisotopic (exact) mass is 563 g/mol. The molecule has 2 aliphatic heterocycles. The second kappa shape index (κ2) is 12.5. The molecule has 214 valence electrons. The van der Waals surface area contributed by atoms with Crippen LogP contribution in [-0.4, -0.2) is 54.3 Å². The lowest BCUT2D eigenvalue weighted by molar-refractivity contribution is -0.122. The van der Waals surface area contributed by atoms with Gasteiger partial charge in [0.1, 0.15) is 24.0 Å². The lowest BCUT2D eigenvalue weighted by Crippen LogP contribution is -2.48. The number of rotatable bonds is 6. The van der Waals surface area contributed by atoms with Gasteiger partial charge in [-0.25, -0.2) is 18.0 Å². The van der Waals surface area contributed by atoms with Crippen LogP contribution in [0.1, 0.15) is 42.5 Å². The Hall–Kier alpha value is -4.27. The molecule has 3 aromatic carbocycles. The highest BCUT2D eigenvalue weighted by Gasteiger charge is 2.35. The molecule has 5 rings (SSSR count). The maximum absolute atomic E-state index is 14.0. The summed E-state index contributed by atoms with van der Waals surface area (Å²) in [6.07, 6.45) is -0.254. The highest BCUT2D eigenvalue weighted by Crippen LogP contribution is 2.34. The lowest BCUT2D eigenvalue weighted by atomic mass is 9.94. The fraction of sp³-hybridized carbons (Fsp3) is 0.312. The molecule has 2 aliphatic rings. The number of hydrogen-bond donors (Lipinski definition) is 1. The molecule has 41 heavy (non-hydrogen) atoms. The minimum absolute atomic E-state index is 0.0508. The van der Waals surface area contributed by atoms with E-state index in [1.807, 2.05) is 42.5 Å². The first-order valence-corrected chi connectivity index (χ1v) is 13.7. The lowest BCUT2D eigenvalue weighted by Gasteiger charge is -2.38. The van der Waals surface area contributed by atoms with Crippen LogP contribution in [0.3, 0.4) is 0 Å². The molecule has 0 bridgehead atoms. The van der Waals surface area contributed by atoms with E-state index in [0.29, 0.717) is 36.7 Å². The number of Topliss-reactive ketones (excluding diaryl/α,β-unsaturated/α-hetero) is 1. The zero-order valence-corrected chi connectivity index (χ0v) is 22.8. The highest BCUT2D eigenvalue weighted by molar-refractivity contribution is 5.84. The number of carbonyl (C=O) groups is 2. The molecular weight excluding hydrogens is 531 g/mol. The van der Waals surface area contributed by atoms with E-state index >= 15 is 0 Å². The van der Waals surface area contributed by atoms with E-state index in [1.165, 1.54) is 12.1 Å². The van der Waals surface area contributed by atoms with E-state index in [1.54, 1.807) is 34.9 Å². The Balaban J connectivity index is 1.35. The Kier molecular flexibility index (Phi) is 8.61. The van der Waals surface area contributed by atoms with E-state index in [-0.39, 0.29) is 31.2 Å². The smallest absolute Gasteiger partial charge is 0.320 e. The van der Waals surface area contributed by atoms with Crippen LogP contribution in [0.25, 0.3) is 16.8 Å². The van der Waals surface area contributed by atoms with Gasteiger partial charge in [0.05, 0.1) is 25.7 Å². The number of amides is 2. The van der Waals surface area contributed by atoms with Gasteiger partial charge in [-0.05, 0) is 53.4 Å². The van der Waals surface area contributed by atoms with Crippen molar-refractivity contribution in [3.63, 3.8) is 0 Å². The molecule has 9 heteroatoms. The summed E-state index contributed by atoms with van der Waals surface area (Å²) >= 11 is 0. The standard InChI is InChI=1S/C32H32F3N3O3/c1-2-28(36-19-31(34)35)22-8-6-21(7-9-22)23-10-11-30-25(16-23)20-37(14-15-41-30)32(40)38-13-12-27(39)18-29(38)24-4-3-5-26(33)17-24/h2-11,16-17,29,31,36H,12-15,18-20H2,1H3/b28-2+. The first-order valence-electron chi connectivity index (χ1n) is 13.7.